The first-order valence-corrected chi connectivity index (χ1v) is 16.2. The molecule has 1 aliphatic carbocycles. The largest absolute Gasteiger partial charge is 0.309 e. The molecule has 0 bridgehead atoms. The van der Waals surface area contributed by atoms with E-state index in [1.54, 1.807) is 6.07 Å². The highest BCUT2D eigenvalue weighted by atomic mass is 15.0. The number of hydrogen-bond donors (Lipinski definition) is 0. The predicted octanol–water partition coefficient (Wildman–Crippen LogP) is 10.9. The number of para-hydroxylation sites is 4. The molecule has 0 saturated carbocycles. The molecule has 0 atom stereocenters. The molecule has 0 fully saturated rings. The molecule has 6 aromatic carbocycles. The maximum atomic E-state index is 10.6. The van der Waals surface area contributed by atoms with Crippen LogP contribution < -0.4 is 0 Å². The van der Waals surface area contributed by atoms with Crippen molar-refractivity contribution in [3.63, 3.8) is 0 Å². The predicted molar refractivity (Wildman–Crippen MR) is 196 cm³/mol. The number of nitriles is 2. The smallest absolute Gasteiger partial charge is 0.101 e. The van der Waals surface area contributed by atoms with Crippen LogP contribution in [0, 0.1) is 22.7 Å². The minimum Gasteiger partial charge on any atom is -0.309 e. The standard InChI is InChI=1S/C44H28N4/c45-27-29-24-31(28-46)44(48-42-22-9-5-18-37(42)38-19-6-10-23-43(38)48)39(25-29)34-15-2-1-14-33(34)30-12-11-13-32(26-30)47-40-20-7-3-16-35(40)36-17-4-8-21-41(36)47/h3-26H,1-2H2. The topological polar surface area (TPSA) is 57.4 Å². The maximum absolute atomic E-state index is 10.6. The summed E-state index contributed by atoms with van der Waals surface area (Å²) in [5.41, 5.74) is 11.3. The second-order valence-corrected chi connectivity index (χ2v) is 12.2. The molecule has 4 nitrogen and oxygen atoms in total. The molecule has 8 aromatic rings. The SMILES string of the molecule is N#Cc1cc(C#N)c(-n2c3ccccc3c3ccccc32)c(C2=CCCC=C2c2cccc(-n3c4ccccc4c4ccccc43)c2)c1. The average molecular weight is 613 g/mol. The molecule has 0 radical (unpaired) electrons. The van der Waals surface area contributed by atoms with Gasteiger partial charge in [0.05, 0.1) is 45.0 Å². The number of hydrogen-bond acceptors (Lipinski definition) is 2. The second-order valence-electron chi connectivity index (χ2n) is 12.2. The molecule has 224 valence electrons. The number of fused-ring (bicyclic) bond motifs is 6. The van der Waals surface area contributed by atoms with E-state index in [4.69, 9.17) is 0 Å². The van der Waals surface area contributed by atoms with Gasteiger partial charge in [-0.3, -0.25) is 0 Å². The van der Waals surface area contributed by atoms with E-state index in [9.17, 15) is 10.5 Å². The molecule has 0 amide bonds. The van der Waals surface area contributed by atoms with Crippen molar-refractivity contribution in [2.24, 2.45) is 0 Å². The Morgan fingerprint density at radius 1 is 0.479 bits per heavy atom. The van der Waals surface area contributed by atoms with Gasteiger partial charge in [-0.1, -0.05) is 97.1 Å². The Hall–Kier alpha value is -6.62. The van der Waals surface area contributed by atoms with Gasteiger partial charge in [0.1, 0.15) is 6.07 Å². The fraction of sp³-hybridized carbons (Fsp3) is 0.0455. The second kappa shape index (κ2) is 11.0. The minimum absolute atomic E-state index is 0.468. The lowest BCUT2D eigenvalue weighted by atomic mass is 9.85. The van der Waals surface area contributed by atoms with Gasteiger partial charge in [-0.2, -0.15) is 10.5 Å². The van der Waals surface area contributed by atoms with Gasteiger partial charge in [0, 0.05) is 32.8 Å². The van der Waals surface area contributed by atoms with Gasteiger partial charge in [0.2, 0.25) is 0 Å². The third-order valence-electron chi connectivity index (χ3n) is 9.60. The first-order chi connectivity index (χ1) is 23.7. The van der Waals surface area contributed by atoms with Crippen molar-refractivity contribution in [1.29, 1.82) is 10.5 Å². The van der Waals surface area contributed by atoms with E-state index in [2.05, 4.69) is 143 Å². The molecule has 0 N–H and O–H groups in total. The summed E-state index contributed by atoms with van der Waals surface area (Å²) in [5, 5.41) is 25.4. The van der Waals surface area contributed by atoms with Crippen molar-refractivity contribution >= 4 is 54.8 Å². The van der Waals surface area contributed by atoms with Crippen molar-refractivity contribution in [3.05, 3.63) is 168 Å². The number of rotatable bonds is 4. The van der Waals surface area contributed by atoms with Crippen molar-refractivity contribution in [1.82, 2.24) is 9.13 Å². The van der Waals surface area contributed by atoms with Crippen LogP contribution in [0.1, 0.15) is 35.1 Å². The molecular formula is C44H28N4. The van der Waals surface area contributed by atoms with Crippen LogP contribution in [0.25, 0.3) is 66.1 Å². The van der Waals surface area contributed by atoms with E-state index < -0.39 is 0 Å². The highest BCUT2D eigenvalue weighted by Gasteiger charge is 2.24. The van der Waals surface area contributed by atoms with E-state index in [0.29, 0.717) is 11.1 Å². The third kappa shape index (κ3) is 4.14. The number of allylic oxidation sites excluding steroid dienone is 4. The summed E-state index contributed by atoms with van der Waals surface area (Å²) < 4.78 is 4.55. The summed E-state index contributed by atoms with van der Waals surface area (Å²) >= 11 is 0. The number of aromatic nitrogens is 2. The molecule has 0 aliphatic heterocycles. The van der Waals surface area contributed by atoms with Crippen LogP contribution in [0.3, 0.4) is 0 Å². The van der Waals surface area contributed by atoms with Crippen molar-refractivity contribution in [2.75, 3.05) is 0 Å². The summed E-state index contributed by atoms with van der Waals surface area (Å²) in [4.78, 5) is 0. The van der Waals surface area contributed by atoms with Crippen molar-refractivity contribution in [2.45, 2.75) is 12.8 Å². The highest BCUT2D eigenvalue weighted by molar-refractivity contribution is 6.13. The minimum atomic E-state index is 0.468. The van der Waals surface area contributed by atoms with Crippen LogP contribution in [-0.2, 0) is 0 Å². The monoisotopic (exact) mass is 612 g/mol. The van der Waals surface area contributed by atoms with E-state index in [-0.39, 0.29) is 0 Å². The number of nitrogens with zero attached hydrogens (tertiary/aromatic N) is 4. The number of benzene rings is 6. The van der Waals surface area contributed by atoms with E-state index in [0.717, 1.165) is 68.3 Å². The Morgan fingerprint density at radius 3 is 1.54 bits per heavy atom. The Balaban J connectivity index is 1.28. The summed E-state index contributed by atoms with van der Waals surface area (Å²) in [7, 11) is 0. The van der Waals surface area contributed by atoms with Crippen LogP contribution in [0.5, 0.6) is 0 Å². The van der Waals surface area contributed by atoms with Gasteiger partial charge in [0.15, 0.2) is 0 Å². The molecule has 48 heavy (non-hydrogen) atoms. The molecule has 2 aromatic heterocycles. The Kier molecular flexibility index (Phi) is 6.35. The zero-order valence-corrected chi connectivity index (χ0v) is 26.1. The summed E-state index contributed by atoms with van der Waals surface area (Å²) in [6.45, 7) is 0. The van der Waals surface area contributed by atoms with Gasteiger partial charge < -0.3 is 9.13 Å². The molecule has 0 unspecified atom stereocenters. The molecule has 4 heteroatoms. The zero-order valence-electron chi connectivity index (χ0n) is 26.1. The average Bonchev–Trinajstić information content (AvgIpc) is 3.67. The van der Waals surface area contributed by atoms with Crippen LogP contribution in [0.15, 0.2) is 146 Å². The summed E-state index contributed by atoms with van der Waals surface area (Å²) in [6, 6.07) is 51.0. The van der Waals surface area contributed by atoms with Crippen LogP contribution >= 0.6 is 0 Å². The first-order valence-electron chi connectivity index (χ1n) is 16.2. The van der Waals surface area contributed by atoms with Crippen LogP contribution in [0.2, 0.25) is 0 Å². The zero-order chi connectivity index (χ0) is 32.2. The lowest BCUT2D eigenvalue weighted by molar-refractivity contribution is 1.04. The van der Waals surface area contributed by atoms with Crippen LogP contribution in [0.4, 0.5) is 0 Å². The Labute approximate surface area is 277 Å². The molecular weight excluding hydrogens is 585 g/mol. The van der Waals surface area contributed by atoms with Gasteiger partial charge in [-0.25, -0.2) is 0 Å². The molecule has 9 rings (SSSR count). The van der Waals surface area contributed by atoms with E-state index in [1.165, 1.54) is 21.8 Å². The quantitative estimate of drug-likeness (QED) is 0.199. The van der Waals surface area contributed by atoms with Gasteiger partial charge in [-0.15, -0.1) is 0 Å². The fourth-order valence-electron chi connectivity index (χ4n) is 7.61. The van der Waals surface area contributed by atoms with Gasteiger partial charge in [-0.05, 0) is 78.1 Å². The molecule has 2 heterocycles. The van der Waals surface area contributed by atoms with Gasteiger partial charge >= 0.3 is 0 Å². The van der Waals surface area contributed by atoms with Crippen LogP contribution in [-0.4, -0.2) is 9.13 Å². The molecule has 0 spiro atoms. The maximum Gasteiger partial charge on any atom is 0.101 e. The van der Waals surface area contributed by atoms with E-state index >= 15 is 0 Å². The summed E-state index contributed by atoms with van der Waals surface area (Å²) in [5.74, 6) is 0. The first kappa shape index (κ1) is 27.7. The molecule has 1 aliphatic rings. The van der Waals surface area contributed by atoms with Crippen molar-refractivity contribution in [3.8, 4) is 23.5 Å². The molecule has 0 saturated heterocycles. The Morgan fingerprint density at radius 2 is 1.00 bits per heavy atom. The van der Waals surface area contributed by atoms with E-state index in [1.807, 2.05) is 18.2 Å². The third-order valence-corrected chi connectivity index (χ3v) is 9.60. The highest BCUT2D eigenvalue weighted by Crippen LogP contribution is 2.43. The lowest BCUT2D eigenvalue weighted by Gasteiger charge is -2.23. The van der Waals surface area contributed by atoms with Gasteiger partial charge in [0.25, 0.3) is 0 Å². The summed E-state index contributed by atoms with van der Waals surface area (Å²) in [6.07, 6.45) is 6.36. The lowest BCUT2D eigenvalue weighted by Crippen LogP contribution is -2.06. The normalized spacial score (nSPS) is 13.0. The van der Waals surface area contributed by atoms with Crippen molar-refractivity contribution < 1.29 is 0 Å². The fourth-order valence-corrected chi connectivity index (χ4v) is 7.61. The Bertz CT molecular complexity index is 2650.